The Labute approximate surface area is 155 Å². The second-order valence-electron chi connectivity index (χ2n) is 5.72. The van der Waals surface area contributed by atoms with E-state index in [0.29, 0.717) is 5.56 Å². The molecule has 0 aliphatic carbocycles. The van der Waals surface area contributed by atoms with Crippen LogP contribution >= 0.6 is 7.60 Å². The van der Waals surface area contributed by atoms with Gasteiger partial charge in [0, 0.05) is 11.8 Å². The van der Waals surface area contributed by atoms with E-state index in [2.05, 4.69) is 4.98 Å². The van der Waals surface area contributed by atoms with Crippen LogP contribution in [0.5, 0.6) is 0 Å². The minimum atomic E-state index is -3.68. The summed E-state index contributed by atoms with van der Waals surface area (Å²) in [5.41, 5.74) is -0.708. The molecule has 0 aromatic carbocycles. The zero-order chi connectivity index (χ0) is 20.0. The predicted octanol–water partition coefficient (Wildman–Crippen LogP) is 1.11. The number of aryl methyl sites for hydroxylation is 1. The molecule has 1 aliphatic heterocycles. The molecule has 3 unspecified atom stereocenters. The van der Waals surface area contributed by atoms with E-state index >= 15 is 0 Å². The highest BCUT2D eigenvalue weighted by Gasteiger charge is 2.31. The number of carbonyl (C=O) groups excluding carboxylic acids is 1. The van der Waals surface area contributed by atoms with Gasteiger partial charge in [-0.1, -0.05) is 6.08 Å². The van der Waals surface area contributed by atoms with Crippen LogP contribution < -0.4 is 11.2 Å². The monoisotopic (exact) mass is 402 g/mol. The van der Waals surface area contributed by atoms with Crippen LogP contribution in [0.1, 0.15) is 25.6 Å². The summed E-state index contributed by atoms with van der Waals surface area (Å²) in [5.74, 6) is -0.676. The van der Waals surface area contributed by atoms with Gasteiger partial charge < -0.3 is 18.5 Å². The van der Waals surface area contributed by atoms with Crippen LogP contribution in [0.25, 0.3) is 0 Å². The first kappa shape index (κ1) is 21.3. The number of aromatic amines is 1. The molecular weight excluding hydrogens is 379 g/mol. The van der Waals surface area contributed by atoms with E-state index in [1.54, 1.807) is 32.9 Å². The first-order chi connectivity index (χ1) is 12.8. The summed E-state index contributed by atoms with van der Waals surface area (Å²) in [6.07, 6.45) is 2.81. The molecular formula is C16H23N2O8P. The number of H-pyrrole nitrogens is 1. The maximum absolute atomic E-state index is 12.6. The average Bonchev–Trinajstić information content (AvgIpc) is 3.05. The number of aromatic nitrogens is 2. The van der Waals surface area contributed by atoms with Crippen molar-refractivity contribution in [1.82, 2.24) is 9.55 Å². The Kier molecular flexibility index (Phi) is 7.32. The smallest absolute Gasteiger partial charge is 0.341 e. The van der Waals surface area contributed by atoms with Gasteiger partial charge in [-0.3, -0.25) is 23.7 Å². The standard InChI is InChI=1S/C16H23N2O8P/c1-4-23-14(19)10-27(22,24-5-2)25-9-12-6-7-13(26-12)18-8-11(3)15(20)17-16(18)21/h6-8,12-13H,4-5,9-10H2,1-3H3,(H,17,20,21). The fourth-order valence-corrected chi connectivity index (χ4v) is 3.83. The van der Waals surface area contributed by atoms with Crippen molar-refractivity contribution in [3.05, 3.63) is 44.8 Å². The lowest BCUT2D eigenvalue weighted by molar-refractivity contribution is -0.140. The molecule has 27 heavy (non-hydrogen) atoms. The van der Waals surface area contributed by atoms with Crippen molar-refractivity contribution in [1.29, 1.82) is 0 Å². The molecule has 2 heterocycles. The Morgan fingerprint density at radius 1 is 1.26 bits per heavy atom. The Morgan fingerprint density at radius 3 is 2.67 bits per heavy atom. The summed E-state index contributed by atoms with van der Waals surface area (Å²) in [6, 6.07) is 0. The van der Waals surface area contributed by atoms with Crippen LogP contribution in [-0.4, -0.2) is 47.6 Å². The van der Waals surface area contributed by atoms with Gasteiger partial charge in [0.2, 0.25) is 0 Å². The van der Waals surface area contributed by atoms with Gasteiger partial charge in [0.05, 0.1) is 19.8 Å². The molecule has 10 nitrogen and oxygen atoms in total. The Balaban J connectivity index is 1.99. The molecule has 1 aromatic heterocycles. The fraction of sp³-hybridized carbons (Fsp3) is 0.562. The fourth-order valence-electron chi connectivity index (χ4n) is 2.39. The van der Waals surface area contributed by atoms with Gasteiger partial charge in [0.15, 0.2) is 6.23 Å². The maximum Gasteiger partial charge on any atom is 0.341 e. The van der Waals surface area contributed by atoms with Crippen LogP contribution in [0.3, 0.4) is 0 Å². The topological polar surface area (TPSA) is 126 Å². The maximum atomic E-state index is 12.6. The summed E-state index contributed by atoms with van der Waals surface area (Å²) >= 11 is 0. The van der Waals surface area contributed by atoms with Gasteiger partial charge in [0.1, 0.15) is 12.3 Å². The van der Waals surface area contributed by atoms with Crippen LogP contribution in [0.4, 0.5) is 0 Å². The summed E-state index contributed by atoms with van der Waals surface area (Å²) in [6.45, 7) is 4.97. The zero-order valence-corrected chi connectivity index (χ0v) is 16.3. The SMILES string of the molecule is CCOC(=O)CP(=O)(OCC)OCC1C=CC(n2cc(C)c(=O)[nH]c2=O)O1. The number of rotatable bonds is 9. The van der Waals surface area contributed by atoms with Crippen LogP contribution in [0.2, 0.25) is 0 Å². The van der Waals surface area contributed by atoms with E-state index in [-0.39, 0.29) is 19.8 Å². The number of ether oxygens (including phenoxy) is 2. The third kappa shape index (κ3) is 5.74. The van der Waals surface area contributed by atoms with E-state index in [0.717, 1.165) is 0 Å². The van der Waals surface area contributed by atoms with Crippen LogP contribution in [0.15, 0.2) is 27.9 Å². The zero-order valence-electron chi connectivity index (χ0n) is 15.4. The van der Waals surface area contributed by atoms with Crippen molar-refractivity contribution >= 4 is 13.6 Å². The number of carbonyl (C=O) groups is 1. The first-order valence-corrected chi connectivity index (χ1v) is 10.2. The molecule has 1 N–H and O–H groups in total. The third-order valence-electron chi connectivity index (χ3n) is 3.61. The first-order valence-electron chi connectivity index (χ1n) is 8.47. The molecule has 0 amide bonds. The molecule has 1 aromatic rings. The van der Waals surface area contributed by atoms with Crippen molar-refractivity contribution < 1.29 is 27.9 Å². The van der Waals surface area contributed by atoms with E-state index in [4.69, 9.17) is 18.5 Å². The molecule has 11 heteroatoms. The molecule has 0 fully saturated rings. The van der Waals surface area contributed by atoms with Gasteiger partial charge in [-0.25, -0.2) is 4.79 Å². The molecule has 2 rings (SSSR count). The quantitative estimate of drug-likeness (QED) is 0.370. The Bertz CT molecular complexity index is 859. The highest BCUT2D eigenvalue weighted by atomic mass is 31.2. The lowest BCUT2D eigenvalue weighted by Crippen LogP contribution is -2.33. The number of hydrogen-bond acceptors (Lipinski definition) is 8. The second kappa shape index (κ2) is 9.27. The van der Waals surface area contributed by atoms with Crippen molar-refractivity contribution in [2.24, 2.45) is 0 Å². The Hall–Kier alpha value is -2.00. The normalized spacial score (nSPS) is 21.1. The van der Waals surface area contributed by atoms with E-state index in [1.807, 2.05) is 0 Å². The molecule has 150 valence electrons. The van der Waals surface area contributed by atoms with E-state index in [9.17, 15) is 18.9 Å². The van der Waals surface area contributed by atoms with E-state index in [1.165, 1.54) is 10.8 Å². The largest absolute Gasteiger partial charge is 0.466 e. The lowest BCUT2D eigenvalue weighted by Gasteiger charge is -2.20. The summed E-state index contributed by atoms with van der Waals surface area (Å²) in [7, 11) is -3.68. The number of hydrogen-bond donors (Lipinski definition) is 1. The second-order valence-corrected chi connectivity index (χ2v) is 7.77. The van der Waals surface area contributed by atoms with Crippen LogP contribution in [-0.2, 0) is 27.9 Å². The van der Waals surface area contributed by atoms with E-state index < -0.39 is 43.3 Å². The molecule has 0 saturated heterocycles. The minimum absolute atomic E-state index is 0.104. The minimum Gasteiger partial charge on any atom is -0.466 e. The molecule has 0 bridgehead atoms. The van der Waals surface area contributed by atoms with Gasteiger partial charge in [0.25, 0.3) is 5.56 Å². The number of nitrogens with zero attached hydrogens (tertiary/aromatic N) is 1. The van der Waals surface area contributed by atoms with Crippen LogP contribution in [0, 0.1) is 6.92 Å². The molecule has 0 radical (unpaired) electrons. The highest BCUT2D eigenvalue weighted by Crippen LogP contribution is 2.48. The third-order valence-corrected chi connectivity index (χ3v) is 5.45. The van der Waals surface area contributed by atoms with Gasteiger partial charge in [-0.15, -0.1) is 0 Å². The molecule has 0 saturated carbocycles. The Morgan fingerprint density at radius 2 is 2.00 bits per heavy atom. The van der Waals surface area contributed by atoms with Crippen molar-refractivity contribution in [2.75, 3.05) is 26.0 Å². The number of nitrogens with one attached hydrogen (secondary N) is 1. The molecule has 1 aliphatic rings. The van der Waals surface area contributed by atoms with Gasteiger partial charge in [-0.2, -0.15) is 0 Å². The number of esters is 1. The van der Waals surface area contributed by atoms with Gasteiger partial charge in [-0.05, 0) is 26.8 Å². The predicted molar refractivity (Wildman–Crippen MR) is 95.8 cm³/mol. The average molecular weight is 402 g/mol. The highest BCUT2D eigenvalue weighted by molar-refractivity contribution is 7.54. The summed E-state index contributed by atoms with van der Waals surface area (Å²) in [5, 5.41) is 0. The van der Waals surface area contributed by atoms with Gasteiger partial charge >= 0.3 is 19.3 Å². The summed E-state index contributed by atoms with van der Waals surface area (Å²) < 4.78 is 34.8. The molecule has 0 spiro atoms. The van der Waals surface area contributed by atoms with Crippen molar-refractivity contribution in [3.63, 3.8) is 0 Å². The summed E-state index contributed by atoms with van der Waals surface area (Å²) in [4.78, 5) is 37.2. The van der Waals surface area contributed by atoms with Crippen molar-refractivity contribution in [2.45, 2.75) is 33.1 Å². The molecule has 3 atom stereocenters. The van der Waals surface area contributed by atoms with Crippen molar-refractivity contribution in [3.8, 4) is 0 Å². The lowest BCUT2D eigenvalue weighted by atomic mass is 10.3.